The number of hydrogen-bond acceptors (Lipinski definition) is 6. The molecule has 2 aromatic rings. The van der Waals surface area contributed by atoms with Crippen LogP contribution in [0.15, 0.2) is 59.5 Å². The van der Waals surface area contributed by atoms with E-state index >= 15 is 0 Å². The van der Waals surface area contributed by atoms with Crippen LogP contribution in [0.4, 0.5) is 9.59 Å². The third-order valence-corrected chi connectivity index (χ3v) is 4.89. The van der Waals surface area contributed by atoms with Crippen LogP contribution in [0.5, 0.6) is 5.75 Å². The smallest absolute Gasteiger partial charge is 0.410 e. The van der Waals surface area contributed by atoms with Gasteiger partial charge in [0.2, 0.25) is 0 Å². The van der Waals surface area contributed by atoms with Crippen molar-refractivity contribution in [3.05, 3.63) is 60.2 Å². The lowest BCUT2D eigenvalue weighted by atomic mass is 10.2. The van der Waals surface area contributed by atoms with E-state index in [4.69, 9.17) is 4.74 Å². The van der Waals surface area contributed by atoms with Gasteiger partial charge in [0, 0.05) is 0 Å². The van der Waals surface area contributed by atoms with E-state index in [1.54, 1.807) is 23.5 Å². The molecule has 0 aromatic heterocycles. The number of ether oxygens (including phenoxy) is 1. The molecule has 0 bridgehead atoms. The zero-order valence-electron chi connectivity index (χ0n) is 12.0. The maximum absolute atomic E-state index is 12.3. The van der Waals surface area contributed by atoms with Crippen molar-refractivity contribution < 1.29 is 27.5 Å². The van der Waals surface area contributed by atoms with Gasteiger partial charge in [-0.2, -0.15) is 0 Å². The number of urea groups is 1. The van der Waals surface area contributed by atoms with Crippen molar-refractivity contribution in [2.24, 2.45) is 0 Å². The molecule has 0 saturated heterocycles. The Bertz CT molecular complexity index is 939. The first-order chi connectivity index (χ1) is 11.4. The van der Waals surface area contributed by atoms with Gasteiger partial charge in [0.05, 0.1) is 5.56 Å². The average Bonchev–Trinajstić information content (AvgIpc) is 2.75. The summed E-state index contributed by atoms with van der Waals surface area (Å²) in [4.78, 5) is 35.6. The summed E-state index contributed by atoms with van der Waals surface area (Å²) in [6, 6.07) is 11.8. The topological polar surface area (TPSA) is 110 Å². The monoisotopic (exact) mass is 346 g/mol. The number of fused-ring (bicyclic) bond motifs is 1. The molecule has 9 heteroatoms. The normalized spacial score (nSPS) is 14.8. The summed E-state index contributed by atoms with van der Waals surface area (Å²) in [5.74, 6) is -0.877. The number of imide groups is 2. The number of sulfonamides is 1. The van der Waals surface area contributed by atoms with Gasteiger partial charge < -0.3 is 4.74 Å². The lowest BCUT2D eigenvalue weighted by Gasteiger charge is -2.13. The zero-order chi connectivity index (χ0) is 17.3. The summed E-state index contributed by atoms with van der Waals surface area (Å²) >= 11 is 0. The highest BCUT2D eigenvalue weighted by atomic mass is 32.2. The van der Waals surface area contributed by atoms with Gasteiger partial charge in [-0.1, -0.05) is 30.3 Å². The molecule has 0 radical (unpaired) electrons. The fourth-order valence-corrected chi connectivity index (χ4v) is 3.61. The Balaban J connectivity index is 1.79. The van der Waals surface area contributed by atoms with Crippen LogP contribution in [-0.2, 0) is 10.0 Å². The van der Waals surface area contributed by atoms with E-state index in [-0.39, 0.29) is 20.5 Å². The number of amides is 4. The quantitative estimate of drug-likeness (QED) is 0.842. The standard InChI is InChI=1S/C15H10N2O6S/c18-13-11-8-4-5-9-12(11)24(21,22)17(13)14(19)16-15(20)23-10-6-2-1-3-7-10/h1-9H,(H,16,19,20). The van der Waals surface area contributed by atoms with Crippen molar-refractivity contribution in [1.82, 2.24) is 9.62 Å². The van der Waals surface area contributed by atoms with Crippen molar-refractivity contribution in [2.45, 2.75) is 4.90 Å². The van der Waals surface area contributed by atoms with Gasteiger partial charge >= 0.3 is 12.1 Å². The van der Waals surface area contributed by atoms with E-state index in [1.165, 1.54) is 36.4 Å². The van der Waals surface area contributed by atoms with E-state index in [0.717, 1.165) is 0 Å². The molecule has 0 unspecified atom stereocenters. The maximum atomic E-state index is 12.3. The first-order valence-corrected chi connectivity index (χ1v) is 8.12. The lowest BCUT2D eigenvalue weighted by Crippen LogP contribution is -2.46. The van der Waals surface area contributed by atoms with Gasteiger partial charge in [0.25, 0.3) is 15.9 Å². The summed E-state index contributed by atoms with van der Waals surface area (Å²) in [6.45, 7) is 0. The van der Waals surface area contributed by atoms with Crippen LogP contribution in [0.25, 0.3) is 0 Å². The molecular formula is C15H10N2O6S. The highest BCUT2D eigenvalue weighted by Gasteiger charge is 2.45. The van der Waals surface area contributed by atoms with Gasteiger partial charge in [0.1, 0.15) is 10.6 Å². The summed E-state index contributed by atoms with van der Waals surface area (Å²) in [5, 5.41) is 1.72. The molecule has 8 nitrogen and oxygen atoms in total. The lowest BCUT2D eigenvalue weighted by molar-refractivity contribution is 0.0894. The number of benzene rings is 2. The number of para-hydroxylation sites is 1. The van der Waals surface area contributed by atoms with Crippen molar-refractivity contribution in [2.75, 3.05) is 0 Å². The van der Waals surface area contributed by atoms with Crippen LogP contribution in [0.3, 0.4) is 0 Å². The molecule has 1 aliphatic rings. The van der Waals surface area contributed by atoms with E-state index in [2.05, 4.69) is 0 Å². The van der Waals surface area contributed by atoms with Crippen LogP contribution >= 0.6 is 0 Å². The van der Waals surface area contributed by atoms with Gasteiger partial charge in [-0.15, -0.1) is 4.31 Å². The summed E-state index contributed by atoms with van der Waals surface area (Å²) in [5.41, 5.74) is -0.135. The van der Waals surface area contributed by atoms with Gasteiger partial charge in [-0.25, -0.2) is 23.3 Å². The van der Waals surface area contributed by atoms with Crippen molar-refractivity contribution in [1.29, 1.82) is 0 Å². The number of carbonyl (C=O) groups is 3. The van der Waals surface area contributed by atoms with E-state index in [0.29, 0.717) is 0 Å². The fraction of sp³-hybridized carbons (Fsp3) is 0. The Morgan fingerprint density at radius 1 is 0.958 bits per heavy atom. The third kappa shape index (κ3) is 2.61. The average molecular weight is 346 g/mol. The second-order valence-electron chi connectivity index (χ2n) is 4.70. The van der Waals surface area contributed by atoms with Crippen molar-refractivity contribution in [3.8, 4) is 5.75 Å². The van der Waals surface area contributed by atoms with Crippen molar-refractivity contribution in [3.63, 3.8) is 0 Å². The summed E-state index contributed by atoms with van der Waals surface area (Å²) < 4.78 is 29.4. The van der Waals surface area contributed by atoms with E-state index in [1.807, 2.05) is 0 Å². The Morgan fingerprint density at radius 3 is 2.25 bits per heavy atom. The minimum Gasteiger partial charge on any atom is -0.410 e. The predicted molar refractivity (Wildman–Crippen MR) is 80.8 cm³/mol. The molecule has 24 heavy (non-hydrogen) atoms. The Morgan fingerprint density at radius 2 is 1.58 bits per heavy atom. The molecule has 1 heterocycles. The largest absolute Gasteiger partial charge is 0.420 e. The fourth-order valence-electron chi connectivity index (χ4n) is 2.15. The molecular weight excluding hydrogens is 336 g/mol. The van der Waals surface area contributed by atoms with Gasteiger partial charge in [-0.05, 0) is 24.3 Å². The highest BCUT2D eigenvalue weighted by molar-refractivity contribution is 7.90. The number of carbonyl (C=O) groups excluding carboxylic acids is 3. The van der Waals surface area contributed by atoms with Crippen LogP contribution in [-0.4, -0.2) is 30.8 Å². The Labute approximate surface area is 136 Å². The van der Waals surface area contributed by atoms with Crippen LogP contribution < -0.4 is 10.1 Å². The number of nitrogens with one attached hydrogen (secondary N) is 1. The molecule has 4 amide bonds. The number of rotatable bonds is 1. The SMILES string of the molecule is O=C(NC(=O)N1C(=O)c2ccccc2S1(=O)=O)Oc1ccccc1. The molecule has 0 spiro atoms. The van der Waals surface area contributed by atoms with E-state index < -0.39 is 28.1 Å². The summed E-state index contributed by atoms with van der Waals surface area (Å²) in [7, 11) is -4.35. The van der Waals surface area contributed by atoms with E-state index in [9.17, 15) is 22.8 Å². The molecule has 3 rings (SSSR count). The second-order valence-corrected chi connectivity index (χ2v) is 6.46. The van der Waals surface area contributed by atoms with Gasteiger partial charge in [0.15, 0.2) is 0 Å². The van der Waals surface area contributed by atoms with Crippen LogP contribution in [0.1, 0.15) is 10.4 Å². The number of nitrogens with zero attached hydrogens (tertiary/aromatic N) is 1. The molecule has 122 valence electrons. The minimum atomic E-state index is -4.35. The van der Waals surface area contributed by atoms with Crippen molar-refractivity contribution >= 4 is 28.1 Å². The molecule has 1 N–H and O–H groups in total. The molecule has 1 aliphatic heterocycles. The first-order valence-electron chi connectivity index (χ1n) is 6.68. The minimum absolute atomic E-state index is 0.00389. The number of hydrogen-bond donors (Lipinski definition) is 1. The third-order valence-electron chi connectivity index (χ3n) is 3.17. The second kappa shape index (κ2) is 5.78. The Hall–Kier alpha value is -3.20. The Kier molecular flexibility index (Phi) is 3.78. The summed E-state index contributed by atoms with van der Waals surface area (Å²) in [6.07, 6.45) is -1.20. The van der Waals surface area contributed by atoms with Crippen LogP contribution in [0, 0.1) is 0 Å². The molecule has 0 fully saturated rings. The molecule has 2 aromatic carbocycles. The predicted octanol–water partition coefficient (Wildman–Crippen LogP) is 1.74. The molecule has 0 aliphatic carbocycles. The molecule has 0 atom stereocenters. The zero-order valence-corrected chi connectivity index (χ0v) is 12.8. The van der Waals surface area contributed by atoms with Gasteiger partial charge in [-0.3, -0.25) is 4.79 Å². The van der Waals surface area contributed by atoms with Crippen LogP contribution in [0.2, 0.25) is 0 Å². The first kappa shape index (κ1) is 15.7. The highest BCUT2D eigenvalue weighted by Crippen LogP contribution is 2.29. The molecule has 0 saturated carbocycles. The maximum Gasteiger partial charge on any atom is 0.420 e.